The first kappa shape index (κ1) is 16.6. The SMILES string of the molecule is CCCc1ccc2cc(-c3ccc(CC)cc3)c(F)c(F)c2c1F. The third-order valence-electron chi connectivity index (χ3n) is 4.40. The van der Waals surface area contributed by atoms with E-state index in [0.717, 1.165) is 18.4 Å². The maximum atomic E-state index is 14.6. The molecule has 0 aliphatic carbocycles. The number of aryl methyl sites for hydroxylation is 2. The number of hydrogen-bond acceptors (Lipinski definition) is 0. The molecule has 0 fully saturated rings. The van der Waals surface area contributed by atoms with Crippen LogP contribution in [0.2, 0.25) is 0 Å². The lowest BCUT2D eigenvalue weighted by atomic mass is 9.96. The number of rotatable bonds is 4. The standard InChI is InChI=1S/C21H19F3/c1-3-5-15-10-11-16-12-17(14-8-6-13(4-2)7-9-14)20(23)21(24)18(16)19(15)22/h6-12H,3-5H2,1-2H3. The van der Waals surface area contributed by atoms with Crippen LogP contribution in [0.4, 0.5) is 13.2 Å². The first-order valence-electron chi connectivity index (χ1n) is 8.25. The minimum atomic E-state index is -1.11. The summed E-state index contributed by atoms with van der Waals surface area (Å²) in [5.74, 6) is -2.77. The largest absolute Gasteiger partial charge is 0.206 e. The first-order valence-corrected chi connectivity index (χ1v) is 8.25. The van der Waals surface area contributed by atoms with Crippen LogP contribution in [0, 0.1) is 17.5 Å². The second-order valence-corrected chi connectivity index (χ2v) is 5.99. The van der Waals surface area contributed by atoms with Crippen molar-refractivity contribution in [2.24, 2.45) is 0 Å². The second kappa shape index (κ2) is 6.68. The molecule has 3 heteroatoms. The molecule has 0 saturated carbocycles. The van der Waals surface area contributed by atoms with Crippen LogP contribution in [-0.4, -0.2) is 0 Å². The molecule has 0 aliphatic rings. The van der Waals surface area contributed by atoms with Gasteiger partial charge in [0.25, 0.3) is 0 Å². The minimum Gasteiger partial charge on any atom is -0.206 e. The molecule has 3 rings (SSSR count). The van der Waals surface area contributed by atoms with Crippen molar-refractivity contribution in [3.05, 3.63) is 71.0 Å². The van der Waals surface area contributed by atoms with Crippen LogP contribution in [-0.2, 0) is 12.8 Å². The van der Waals surface area contributed by atoms with Gasteiger partial charge in [-0.05, 0) is 41.0 Å². The zero-order valence-corrected chi connectivity index (χ0v) is 13.8. The zero-order valence-electron chi connectivity index (χ0n) is 13.8. The molecule has 0 saturated heterocycles. The van der Waals surface area contributed by atoms with Gasteiger partial charge in [0.2, 0.25) is 0 Å². The molecule has 24 heavy (non-hydrogen) atoms. The van der Waals surface area contributed by atoms with Crippen molar-refractivity contribution in [1.29, 1.82) is 0 Å². The van der Waals surface area contributed by atoms with E-state index < -0.39 is 17.5 Å². The van der Waals surface area contributed by atoms with Gasteiger partial charge in [-0.25, -0.2) is 13.2 Å². The van der Waals surface area contributed by atoms with Crippen molar-refractivity contribution in [3.63, 3.8) is 0 Å². The van der Waals surface area contributed by atoms with Gasteiger partial charge in [0.05, 0.1) is 5.39 Å². The molecule has 0 amide bonds. The molecule has 0 unspecified atom stereocenters. The maximum absolute atomic E-state index is 14.6. The Balaban J connectivity index is 2.20. The van der Waals surface area contributed by atoms with Crippen LogP contribution in [0.5, 0.6) is 0 Å². The van der Waals surface area contributed by atoms with E-state index in [1.165, 1.54) is 6.07 Å². The summed E-state index contributed by atoms with van der Waals surface area (Å²) in [6.45, 7) is 3.95. The Kier molecular flexibility index (Phi) is 4.61. The monoisotopic (exact) mass is 328 g/mol. The average molecular weight is 328 g/mol. The van der Waals surface area contributed by atoms with Gasteiger partial charge >= 0.3 is 0 Å². The van der Waals surface area contributed by atoms with Gasteiger partial charge in [-0.15, -0.1) is 0 Å². The lowest BCUT2D eigenvalue weighted by Gasteiger charge is -2.11. The second-order valence-electron chi connectivity index (χ2n) is 5.99. The Labute approximate surface area is 139 Å². The predicted octanol–water partition coefficient (Wildman–Crippen LogP) is 6.44. The Morgan fingerprint density at radius 2 is 1.50 bits per heavy atom. The van der Waals surface area contributed by atoms with E-state index in [1.807, 2.05) is 26.0 Å². The van der Waals surface area contributed by atoms with Gasteiger partial charge in [0, 0.05) is 5.56 Å². The molecule has 0 aliphatic heterocycles. The van der Waals surface area contributed by atoms with Crippen LogP contribution in [0.25, 0.3) is 21.9 Å². The summed E-state index contributed by atoms with van der Waals surface area (Å²) in [6, 6.07) is 12.2. The van der Waals surface area contributed by atoms with E-state index >= 15 is 0 Å². The van der Waals surface area contributed by atoms with Crippen molar-refractivity contribution < 1.29 is 13.2 Å². The summed E-state index contributed by atoms with van der Waals surface area (Å²) >= 11 is 0. The number of halogens is 3. The van der Waals surface area contributed by atoms with Crippen LogP contribution in [0.3, 0.4) is 0 Å². The molecular weight excluding hydrogens is 309 g/mol. The third-order valence-corrected chi connectivity index (χ3v) is 4.40. The Morgan fingerprint density at radius 1 is 0.792 bits per heavy atom. The van der Waals surface area contributed by atoms with E-state index in [1.54, 1.807) is 24.3 Å². The van der Waals surface area contributed by atoms with Crippen LogP contribution < -0.4 is 0 Å². The fourth-order valence-corrected chi connectivity index (χ4v) is 3.02. The van der Waals surface area contributed by atoms with Crippen molar-refractivity contribution in [2.45, 2.75) is 33.1 Å². The van der Waals surface area contributed by atoms with Gasteiger partial charge in [-0.1, -0.05) is 56.7 Å². The molecule has 0 radical (unpaired) electrons. The first-order chi connectivity index (χ1) is 11.6. The molecule has 0 N–H and O–H groups in total. The molecule has 0 nitrogen and oxygen atoms in total. The molecule has 0 heterocycles. The van der Waals surface area contributed by atoms with Gasteiger partial charge < -0.3 is 0 Å². The van der Waals surface area contributed by atoms with E-state index in [-0.39, 0.29) is 10.9 Å². The fourth-order valence-electron chi connectivity index (χ4n) is 3.02. The number of benzene rings is 3. The number of hydrogen-bond donors (Lipinski definition) is 0. The predicted molar refractivity (Wildman–Crippen MR) is 92.6 cm³/mol. The quantitative estimate of drug-likeness (QED) is 0.517. The van der Waals surface area contributed by atoms with Gasteiger partial charge in [-0.2, -0.15) is 0 Å². The lowest BCUT2D eigenvalue weighted by Crippen LogP contribution is -1.98. The molecule has 3 aromatic rings. The molecule has 124 valence electrons. The molecular formula is C21H19F3. The Morgan fingerprint density at radius 3 is 2.12 bits per heavy atom. The van der Waals surface area contributed by atoms with Crippen molar-refractivity contribution in [1.82, 2.24) is 0 Å². The highest BCUT2D eigenvalue weighted by molar-refractivity contribution is 5.89. The molecule has 0 bridgehead atoms. The number of fused-ring (bicyclic) bond motifs is 1. The van der Waals surface area contributed by atoms with E-state index in [9.17, 15) is 13.2 Å². The molecule has 0 spiro atoms. The highest BCUT2D eigenvalue weighted by Crippen LogP contribution is 2.33. The third kappa shape index (κ3) is 2.79. The van der Waals surface area contributed by atoms with Crippen LogP contribution in [0.15, 0.2) is 42.5 Å². The van der Waals surface area contributed by atoms with Crippen molar-refractivity contribution >= 4 is 10.8 Å². The zero-order chi connectivity index (χ0) is 17.3. The Hall–Kier alpha value is -2.29. The summed E-state index contributed by atoms with van der Waals surface area (Å²) in [6.07, 6.45) is 2.12. The summed E-state index contributed by atoms with van der Waals surface area (Å²) in [5.41, 5.74) is 2.29. The summed E-state index contributed by atoms with van der Waals surface area (Å²) in [7, 11) is 0. The van der Waals surface area contributed by atoms with E-state index in [0.29, 0.717) is 22.9 Å². The smallest absolute Gasteiger partial charge is 0.170 e. The highest BCUT2D eigenvalue weighted by Gasteiger charge is 2.19. The summed E-state index contributed by atoms with van der Waals surface area (Å²) in [4.78, 5) is 0. The van der Waals surface area contributed by atoms with Crippen LogP contribution in [0.1, 0.15) is 31.4 Å². The normalized spacial score (nSPS) is 11.2. The van der Waals surface area contributed by atoms with Gasteiger partial charge in [0.1, 0.15) is 5.82 Å². The van der Waals surface area contributed by atoms with Crippen LogP contribution >= 0.6 is 0 Å². The Bertz CT molecular complexity index is 880. The van der Waals surface area contributed by atoms with E-state index in [4.69, 9.17) is 0 Å². The summed E-state index contributed by atoms with van der Waals surface area (Å²) in [5, 5.41) is 0.119. The van der Waals surface area contributed by atoms with Crippen molar-refractivity contribution in [2.75, 3.05) is 0 Å². The fraction of sp³-hybridized carbons (Fsp3) is 0.238. The van der Waals surface area contributed by atoms with Crippen molar-refractivity contribution in [3.8, 4) is 11.1 Å². The molecule has 3 aromatic carbocycles. The molecule has 0 atom stereocenters. The molecule has 0 aromatic heterocycles. The van der Waals surface area contributed by atoms with E-state index in [2.05, 4.69) is 0 Å². The van der Waals surface area contributed by atoms with Gasteiger partial charge in [-0.3, -0.25) is 0 Å². The maximum Gasteiger partial charge on any atom is 0.170 e. The minimum absolute atomic E-state index is 0.158. The average Bonchev–Trinajstić information content (AvgIpc) is 2.60. The topological polar surface area (TPSA) is 0 Å². The lowest BCUT2D eigenvalue weighted by molar-refractivity contribution is 0.513. The summed E-state index contributed by atoms with van der Waals surface area (Å²) < 4.78 is 43.6. The highest BCUT2D eigenvalue weighted by atomic mass is 19.2. The van der Waals surface area contributed by atoms with Gasteiger partial charge in [0.15, 0.2) is 11.6 Å².